The van der Waals surface area contributed by atoms with Crippen molar-refractivity contribution >= 4 is 23.0 Å². The number of nitriles is 1. The molecule has 0 unspecified atom stereocenters. The van der Waals surface area contributed by atoms with E-state index in [0.29, 0.717) is 29.2 Å². The van der Waals surface area contributed by atoms with Crippen molar-refractivity contribution in [2.75, 3.05) is 0 Å². The summed E-state index contributed by atoms with van der Waals surface area (Å²) in [6.07, 6.45) is 0.631. The average Bonchev–Trinajstić information content (AvgIpc) is 2.52. The molecule has 7 heteroatoms. The fraction of sp³-hybridized carbons (Fsp3) is 0.250. The molecule has 1 N–H and O–H groups in total. The molecule has 0 aliphatic carbocycles. The predicted octanol–water partition coefficient (Wildman–Crippen LogP) is 4.21. The first-order valence-corrected chi connectivity index (χ1v) is 7.41. The summed E-state index contributed by atoms with van der Waals surface area (Å²) in [5, 5.41) is 27.8. The van der Waals surface area contributed by atoms with E-state index in [1.165, 1.54) is 0 Å². The fourth-order valence-electron chi connectivity index (χ4n) is 2.13. The van der Waals surface area contributed by atoms with Gasteiger partial charge in [-0.1, -0.05) is 24.6 Å². The van der Waals surface area contributed by atoms with Gasteiger partial charge in [0.2, 0.25) is 5.88 Å². The van der Waals surface area contributed by atoms with Crippen LogP contribution < -0.4 is 5.56 Å². The molecule has 1 heterocycles. The van der Waals surface area contributed by atoms with Crippen LogP contribution in [0.4, 0.5) is 11.4 Å². The molecule has 2 rings (SSSR count). The minimum absolute atomic E-state index is 0.0260. The molecule has 1 aromatic carbocycles. The van der Waals surface area contributed by atoms with E-state index in [2.05, 4.69) is 10.2 Å². The maximum atomic E-state index is 12.5. The Morgan fingerprint density at radius 2 is 2.13 bits per heavy atom. The summed E-state index contributed by atoms with van der Waals surface area (Å²) in [6, 6.07) is 8.63. The van der Waals surface area contributed by atoms with Crippen LogP contribution in [0.5, 0.6) is 5.88 Å². The standard InChI is InChI=1S/C16H15ClN4O2/c1-3-7-21-15(22)13(9-18)10(2)14(16(21)23)20-19-12-6-4-5-11(17)8-12/h4-6,8,22H,3,7H2,1-2H3. The molecule has 0 bridgehead atoms. The maximum absolute atomic E-state index is 12.5. The van der Waals surface area contributed by atoms with Crippen LogP contribution >= 0.6 is 11.6 Å². The first-order chi connectivity index (χ1) is 11.0. The zero-order valence-electron chi connectivity index (χ0n) is 12.7. The highest BCUT2D eigenvalue weighted by atomic mass is 35.5. The first-order valence-electron chi connectivity index (χ1n) is 7.03. The Morgan fingerprint density at radius 1 is 1.39 bits per heavy atom. The van der Waals surface area contributed by atoms with Crippen LogP contribution in [0.3, 0.4) is 0 Å². The molecule has 2 aromatic rings. The van der Waals surface area contributed by atoms with Crippen molar-refractivity contribution in [1.82, 2.24) is 4.57 Å². The van der Waals surface area contributed by atoms with Gasteiger partial charge in [-0.25, -0.2) is 0 Å². The van der Waals surface area contributed by atoms with E-state index < -0.39 is 5.56 Å². The van der Waals surface area contributed by atoms with Gasteiger partial charge in [-0.3, -0.25) is 9.36 Å². The number of aromatic hydroxyl groups is 1. The quantitative estimate of drug-likeness (QED) is 0.851. The Hall–Kier alpha value is -2.65. The monoisotopic (exact) mass is 330 g/mol. The van der Waals surface area contributed by atoms with Crippen LogP contribution in [0.2, 0.25) is 5.02 Å². The van der Waals surface area contributed by atoms with Gasteiger partial charge in [0.15, 0.2) is 5.69 Å². The third kappa shape index (κ3) is 3.41. The summed E-state index contributed by atoms with van der Waals surface area (Å²) >= 11 is 5.88. The van der Waals surface area contributed by atoms with Crippen LogP contribution in [0.15, 0.2) is 39.3 Å². The van der Waals surface area contributed by atoms with Crippen molar-refractivity contribution in [3.63, 3.8) is 0 Å². The smallest absolute Gasteiger partial charge is 0.281 e. The summed E-state index contributed by atoms with van der Waals surface area (Å²) < 4.78 is 1.14. The lowest BCUT2D eigenvalue weighted by atomic mass is 10.1. The molecule has 0 atom stereocenters. The van der Waals surface area contributed by atoms with Gasteiger partial charge in [-0.15, -0.1) is 5.11 Å². The summed E-state index contributed by atoms with van der Waals surface area (Å²) in [5.41, 5.74) is 0.371. The second-order valence-corrected chi connectivity index (χ2v) is 5.36. The minimum Gasteiger partial charge on any atom is -0.493 e. The van der Waals surface area contributed by atoms with E-state index in [1.807, 2.05) is 13.0 Å². The van der Waals surface area contributed by atoms with Crippen molar-refractivity contribution in [2.45, 2.75) is 26.8 Å². The zero-order chi connectivity index (χ0) is 17.0. The number of azo groups is 1. The first kappa shape index (κ1) is 16.7. The molecular formula is C16H15ClN4O2. The molecule has 0 amide bonds. The Balaban J connectivity index is 2.60. The van der Waals surface area contributed by atoms with E-state index >= 15 is 0 Å². The molecule has 0 aliphatic rings. The SMILES string of the molecule is CCCn1c(O)c(C#N)c(C)c(N=Nc2cccc(Cl)c2)c1=O. The summed E-state index contributed by atoms with van der Waals surface area (Å²) in [4.78, 5) is 12.5. The van der Waals surface area contributed by atoms with Crippen molar-refractivity contribution in [1.29, 1.82) is 5.26 Å². The Morgan fingerprint density at radius 3 is 2.74 bits per heavy atom. The van der Waals surface area contributed by atoms with E-state index in [1.54, 1.807) is 31.2 Å². The third-order valence-electron chi connectivity index (χ3n) is 3.29. The van der Waals surface area contributed by atoms with Crippen molar-refractivity contribution in [2.24, 2.45) is 10.2 Å². The molecule has 1 aromatic heterocycles. The van der Waals surface area contributed by atoms with E-state index in [9.17, 15) is 15.2 Å². The average molecular weight is 331 g/mol. The third-order valence-corrected chi connectivity index (χ3v) is 3.52. The molecule has 0 radical (unpaired) electrons. The van der Waals surface area contributed by atoms with Crippen molar-refractivity contribution in [3.05, 3.63) is 50.8 Å². The van der Waals surface area contributed by atoms with Crippen molar-refractivity contribution < 1.29 is 5.11 Å². The number of aromatic nitrogens is 1. The van der Waals surface area contributed by atoms with Gasteiger partial charge in [0.05, 0.1) is 5.69 Å². The van der Waals surface area contributed by atoms with Crippen LogP contribution in [0.25, 0.3) is 0 Å². The Labute approximate surface area is 138 Å². The minimum atomic E-state index is -0.480. The molecule has 23 heavy (non-hydrogen) atoms. The van der Waals surface area contributed by atoms with Gasteiger partial charge in [0.25, 0.3) is 5.56 Å². The van der Waals surface area contributed by atoms with Crippen LogP contribution in [0.1, 0.15) is 24.5 Å². The molecule has 0 saturated heterocycles. The van der Waals surface area contributed by atoms with Gasteiger partial charge in [-0.05, 0) is 31.5 Å². The highest BCUT2D eigenvalue weighted by Crippen LogP contribution is 2.27. The van der Waals surface area contributed by atoms with Crippen LogP contribution in [-0.4, -0.2) is 9.67 Å². The molecule has 0 fully saturated rings. The number of benzene rings is 1. The van der Waals surface area contributed by atoms with Crippen LogP contribution in [-0.2, 0) is 6.54 Å². The number of halogens is 1. The second-order valence-electron chi connectivity index (χ2n) is 4.92. The van der Waals surface area contributed by atoms with E-state index in [-0.39, 0.29) is 17.1 Å². The fourth-order valence-corrected chi connectivity index (χ4v) is 2.32. The summed E-state index contributed by atoms with van der Waals surface area (Å²) in [6.45, 7) is 3.71. The zero-order valence-corrected chi connectivity index (χ0v) is 13.5. The Kier molecular flexibility index (Phi) is 5.14. The van der Waals surface area contributed by atoms with E-state index in [4.69, 9.17) is 11.6 Å². The predicted molar refractivity (Wildman–Crippen MR) is 87.7 cm³/mol. The number of pyridine rings is 1. The normalized spacial score (nSPS) is 10.9. The Bertz CT molecular complexity index is 866. The van der Waals surface area contributed by atoms with Crippen LogP contribution in [0, 0.1) is 18.3 Å². The lowest BCUT2D eigenvalue weighted by Crippen LogP contribution is -2.21. The number of hydrogen-bond donors (Lipinski definition) is 1. The van der Waals surface area contributed by atoms with Gasteiger partial charge in [0.1, 0.15) is 11.6 Å². The largest absolute Gasteiger partial charge is 0.493 e. The maximum Gasteiger partial charge on any atom is 0.281 e. The van der Waals surface area contributed by atoms with Gasteiger partial charge < -0.3 is 5.11 Å². The van der Waals surface area contributed by atoms with Crippen molar-refractivity contribution in [3.8, 4) is 11.9 Å². The number of hydrogen-bond acceptors (Lipinski definition) is 5. The number of nitrogens with zero attached hydrogens (tertiary/aromatic N) is 4. The lowest BCUT2D eigenvalue weighted by molar-refractivity contribution is 0.402. The molecule has 0 spiro atoms. The highest BCUT2D eigenvalue weighted by molar-refractivity contribution is 6.30. The molecular weight excluding hydrogens is 316 g/mol. The second kappa shape index (κ2) is 7.07. The highest BCUT2D eigenvalue weighted by Gasteiger charge is 2.18. The summed E-state index contributed by atoms with van der Waals surface area (Å²) in [5.74, 6) is -0.335. The van der Waals surface area contributed by atoms with E-state index in [0.717, 1.165) is 4.57 Å². The molecule has 0 saturated carbocycles. The topological polar surface area (TPSA) is 90.7 Å². The molecule has 0 aliphatic heterocycles. The summed E-state index contributed by atoms with van der Waals surface area (Å²) in [7, 11) is 0. The van der Waals surface area contributed by atoms with Gasteiger partial charge in [-0.2, -0.15) is 10.4 Å². The van der Waals surface area contributed by atoms with Gasteiger partial charge in [0, 0.05) is 17.1 Å². The lowest BCUT2D eigenvalue weighted by Gasteiger charge is -2.11. The molecule has 6 nitrogen and oxygen atoms in total. The molecule has 118 valence electrons. The number of rotatable bonds is 4. The van der Waals surface area contributed by atoms with Gasteiger partial charge >= 0.3 is 0 Å².